The zero-order valence-corrected chi connectivity index (χ0v) is 12.0. The number of carbonyl (C=O) groups excluding carboxylic acids is 2. The lowest BCUT2D eigenvalue weighted by Gasteiger charge is -2.16. The lowest BCUT2D eigenvalue weighted by Crippen LogP contribution is -2.34. The molecule has 0 aliphatic rings. The standard InChI is InChI=1S/C15H17NO4/c1-9-11-7-5-6-8-12(11)20-13(9)15(18)19-10(2)14(17)16(3)4/h5-8,10H,1-4H3/t10-/m1/s1. The van der Waals surface area contributed by atoms with Crippen LogP contribution in [0.25, 0.3) is 11.0 Å². The lowest BCUT2D eigenvalue weighted by atomic mass is 10.1. The molecule has 0 N–H and O–H groups in total. The Hall–Kier alpha value is -2.30. The molecule has 1 aromatic carbocycles. The molecule has 2 aromatic rings. The van der Waals surface area contributed by atoms with Gasteiger partial charge in [-0.1, -0.05) is 18.2 Å². The van der Waals surface area contributed by atoms with Gasteiger partial charge in [-0.15, -0.1) is 0 Å². The van der Waals surface area contributed by atoms with Crippen LogP contribution in [0.15, 0.2) is 28.7 Å². The first-order valence-electron chi connectivity index (χ1n) is 6.32. The van der Waals surface area contributed by atoms with Gasteiger partial charge in [-0.25, -0.2) is 4.79 Å². The van der Waals surface area contributed by atoms with Crippen molar-refractivity contribution in [3.05, 3.63) is 35.6 Å². The maximum Gasteiger partial charge on any atom is 0.375 e. The van der Waals surface area contributed by atoms with E-state index in [0.29, 0.717) is 5.58 Å². The Bertz CT molecular complexity index is 657. The van der Waals surface area contributed by atoms with E-state index in [4.69, 9.17) is 9.15 Å². The Balaban J connectivity index is 2.24. The van der Waals surface area contributed by atoms with E-state index in [1.165, 1.54) is 11.8 Å². The first-order chi connectivity index (χ1) is 9.41. The van der Waals surface area contributed by atoms with Gasteiger partial charge >= 0.3 is 5.97 Å². The molecule has 5 heteroatoms. The average molecular weight is 275 g/mol. The van der Waals surface area contributed by atoms with E-state index in [-0.39, 0.29) is 11.7 Å². The van der Waals surface area contributed by atoms with Crippen molar-refractivity contribution in [1.29, 1.82) is 0 Å². The fourth-order valence-electron chi connectivity index (χ4n) is 2.00. The van der Waals surface area contributed by atoms with Crippen molar-refractivity contribution in [2.45, 2.75) is 20.0 Å². The van der Waals surface area contributed by atoms with Crippen LogP contribution in [-0.4, -0.2) is 37.0 Å². The lowest BCUT2D eigenvalue weighted by molar-refractivity contribution is -0.137. The van der Waals surface area contributed by atoms with Crippen LogP contribution < -0.4 is 0 Å². The van der Waals surface area contributed by atoms with Crippen molar-refractivity contribution in [3.63, 3.8) is 0 Å². The third-order valence-electron chi connectivity index (χ3n) is 3.10. The van der Waals surface area contributed by atoms with E-state index in [1.54, 1.807) is 27.1 Å². The predicted molar refractivity (Wildman–Crippen MR) is 74.5 cm³/mol. The minimum atomic E-state index is -0.842. The monoisotopic (exact) mass is 275 g/mol. The highest BCUT2D eigenvalue weighted by molar-refractivity contribution is 5.97. The van der Waals surface area contributed by atoms with Crippen molar-refractivity contribution in [2.24, 2.45) is 0 Å². The number of ether oxygens (including phenoxy) is 1. The molecule has 5 nitrogen and oxygen atoms in total. The topological polar surface area (TPSA) is 59.8 Å². The molecule has 0 unspecified atom stereocenters. The summed E-state index contributed by atoms with van der Waals surface area (Å²) in [5.41, 5.74) is 1.35. The number of aryl methyl sites for hydroxylation is 1. The van der Waals surface area contributed by atoms with Gasteiger partial charge in [-0.05, 0) is 19.9 Å². The van der Waals surface area contributed by atoms with Crippen molar-refractivity contribution >= 4 is 22.8 Å². The summed E-state index contributed by atoms with van der Waals surface area (Å²) in [5.74, 6) is -0.752. The van der Waals surface area contributed by atoms with E-state index >= 15 is 0 Å². The molecule has 0 bridgehead atoms. The maximum absolute atomic E-state index is 12.1. The van der Waals surface area contributed by atoms with Gasteiger partial charge in [0.25, 0.3) is 5.91 Å². The van der Waals surface area contributed by atoms with E-state index in [0.717, 1.165) is 10.9 Å². The Labute approximate surface area is 117 Å². The van der Waals surface area contributed by atoms with Gasteiger partial charge in [0.1, 0.15) is 5.58 Å². The summed E-state index contributed by atoms with van der Waals surface area (Å²) in [6, 6.07) is 7.36. The predicted octanol–water partition coefficient (Wildman–Crippen LogP) is 2.37. The summed E-state index contributed by atoms with van der Waals surface area (Å²) >= 11 is 0. The first kappa shape index (κ1) is 14.1. The Morgan fingerprint density at radius 3 is 2.50 bits per heavy atom. The smallest absolute Gasteiger partial charge is 0.375 e. The van der Waals surface area contributed by atoms with Crippen molar-refractivity contribution in [3.8, 4) is 0 Å². The fraction of sp³-hybridized carbons (Fsp3) is 0.333. The maximum atomic E-state index is 12.1. The Kier molecular flexibility index (Phi) is 3.79. The second kappa shape index (κ2) is 5.36. The number of fused-ring (bicyclic) bond motifs is 1. The Morgan fingerprint density at radius 2 is 1.90 bits per heavy atom. The molecule has 1 heterocycles. The quantitative estimate of drug-likeness (QED) is 0.807. The number of esters is 1. The summed E-state index contributed by atoms with van der Waals surface area (Å²) in [6.07, 6.45) is -0.842. The molecule has 20 heavy (non-hydrogen) atoms. The molecule has 2 rings (SSSR count). The van der Waals surface area contributed by atoms with Gasteiger partial charge in [0.05, 0.1) is 0 Å². The number of carbonyl (C=O) groups is 2. The Morgan fingerprint density at radius 1 is 1.25 bits per heavy atom. The van der Waals surface area contributed by atoms with Gasteiger partial charge in [0.2, 0.25) is 5.76 Å². The number of hydrogen-bond donors (Lipinski definition) is 0. The molecule has 0 radical (unpaired) electrons. The molecule has 0 aliphatic carbocycles. The molecular weight excluding hydrogens is 258 g/mol. The highest BCUT2D eigenvalue weighted by atomic mass is 16.6. The minimum absolute atomic E-state index is 0.143. The molecule has 106 valence electrons. The second-order valence-electron chi connectivity index (χ2n) is 4.83. The third-order valence-corrected chi connectivity index (χ3v) is 3.10. The van der Waals surface area contributed by atoms with Crippen LogP contribution in [0.3, 0.4) is 0 Å². The molecule has 0 fully saturated rings. The zero-order valence-electron chi connectivity index (χ0n) is 12.0. The summed E-state index contributed by atoms with van der Waals surface area (Å²) in [6.45, 7) is 3.33. The molecule has 0 saturated carbocycles. The number of furan rings is 1. The summed E-state index contributed by atoms with van der Waals surface area (Å²) in [7, 11) is 3.22. The molecule has 1 atom stereocenters. The van der Waals surface area contributed by atoms with Crippen molar-refractivity contribution in [2.75, 3.05) is 14.1 Å². The third kappa shape index (κ3) is 2.52. The molecule has 1 aromatic heterocycles. The number of amides is 1. The van der Waals surface area contributed by atoms with Crippen LogP contribution in [-0.2, 0) is 9.53 Å². The number of para-hydroxylation sites is 1. The van der Waals surface area contributed by atoms with Crippen LogP contribution in [0.5, 0.6) is 0 Å². The second-order valence-corrected chi connectivity index (χ2v) is 4.83. The van der Waals surface area contributed by atoms with Crippen molar-refractivity contribution in [1.82, 2.24) is 4.90 Å². The summed E-state index contributed by atoms with van der Waals surface area (Å²) in [5, 5.41) is 0.867. The van der Waals surface area contributed by atoms with Gasteiger partial charge in [-0.3, -0.25) is 4.79 Å². The number of hydrogen-bond acceptors (Lipinski definition) is 4. The number of benzene rings is 1. The van der Waals surface area contributed by atoms with E-state index in [1.807, 2.05) is 18.2 Å². The molecule has 1 amide bonds. The normalized spacial score (nSPS) is 12.2. The number of rotatable bonds is 3. The summed E-state index contributed by atoms with van der Waals surface area (Å²) < 4.78 is 10.6. The molecule has 0 aliphatic heterocycles. The van der Waals surface area contributed by atoms with E-state index < -0.39 is 12.1 Å². The van der Waals surface area contributed by atoms with E-state index in [2.05, 4.69) is 0 Å². The summed E-state index contributed by atoms with van der Waals surface area (Å²) in [4.78, 5) is 25.1. The van der Waals surface area contributed by atoms with Gasteiger partial charge < -0.3 is 14.1 Å². The van der Waals surface area contributed by atoms with Gasteiger partial charge in [0.15, 0.2) is 6.10 Å². The number of nitrogens with zero attached hydrogens (tertiary/aromatic N) is 1. The van der Waals surface area contributed by atoms with Gasteiger partial charge in [-0.2, -0.15) is 0 Å². The molecule has 0 saturated heterocycles. The highest BCUT2D eigenvalue weighted by Crippen LogP contribution is 2.25. The molecule has 0 spiro atoms. The largest absolute Gasteiger partial charge is 0.449 e. The van der Waals surface area contributed by atoms with Crippen LogP contribution in [0.4, 0.5) is 0 Å². The zero-order chi connectivity index (χ0) is 14.9. The first-order valence-corrected chi connectivity index (χ1v) is 6.32. The molecular formula is C15H17NO4. The minimum Gasteiger partial charge on any atom is -0.449 e. The number of likely N-dealkylation sites (N-methyl/N-ethyl adjacent to an activating group) is 1. The van der Waals surface area contributed by atoms with Crippen LogP contribution in [0.2, 0.25) is 0 Å². The fourth-order valence-corrected chi connectivity index (χ4v) is 2.00. The van der Waals surface area contributed by atoms with Crippen molar-refractivity contribution < 1.29 is 18.7 Å². The van der Waals surface area contributed by atoms with E-state index in [9.17, 15) is 9.59 Å². The van der Waals surface area contributed by atoms with Gasteiger partial charge in [0, 0.05) is 25.0 Å². The average Bonchev–Trinajstić information content (AvgIpc) is 2.75. The highest BCUT2D eigenvalue weighted by Gasteiger charge is 2.24. The SMILES string of the molecule is Cc1c(C(=O)O[C@H](C)C(=O)N(C)C)oc2ccccc12. The van der Waals surface area contributed by atoms with Crippen LogP contribution in [0, 0.1) is 6.92 Å². The van der Waals surface area contributed by atoms with Crippen LogP contribution in [0.1, 0.15) is 23.0 Å². The van der Waals surface area contributed by atoms with Crippen LogP contribution >= 0.6 is 0 Å².